The number of thiazole rings is 1. The molecule has 0 atom stereocenters. The summed E-state index contributed by atoms with van der Waals surface area (Å²) in [6.45, 7) is 4.74. The fourth-order valence-corrected chi connectivity index (χ4v) is 4.74. The van der Waals surface area contributed by atoms with Crippen molar-refractivity contribution in [3.8, 4) is 22.8 Å². The number of amides is 1. The van der Waals surface area contributed by atoms with Crippen LogP contribution in [0.1, 0.15) is 5.56 Å². The van der Waals surface area contributed by atoms with E-state index in [1.54, 1.807) is 17.5 Å². The number of hydrogen-bond donors (Lipinski definition) is 1. The van der Waals surface area contributed by atoms with Crippen molar-refractivity contribution in [2.24, 2.45) is 0 Å². The third-order valence-electron chi connectivity index (χ3n) is 5.78. The Bertz CT molecular complexity index is 1210. The summed E-state index contributed by atoms with van der Waals surface area (Å²) >= 11 is 1.30. The van der Waals surface area contributed by atoms with Crippen LogP contribution in [0, 0.1) is 10.1 Å². The molecule has 3 heterocycles. The number of hydrogen-bond acceptors (Lipinski definition) is 9. The molecular weight excluding hydrogens is 458 g/mol. The van der Waals surface area contributed by atoms with Crippen molar-refractivity contribution in [2.45, 2.75) is 6.54 Å². The van der Waals surface area contributed by atoms with Crippen LogP contribution in [0.25, 0.3) is 11.3 Å². The SMILES string of the molecule is O=C(CN1CCN(Cc2ccc3c(c2)OCO3)CC1)Nc1nc(-c2cccc([N+](=O)[O-])c2)cs1. The predicted molar refractivity (Wildman–Crippen MR) is 127 cm³/mol. The molecule has 0 bridgehead atoms. The van der Waals surface area contributed by atoms with Gasteiger partial charge in [0, 0.05) is 55.8 Å². The minimum absolute atomic E-state index is 0.00810. The van der Waals surface area contributed by atoms with Crippen LogP contribution in [-0.2, 0) is 11.3 Å². The Morgan fingerprint density at radius 3 is 2.71 bits per heavy atom. The lowest BCUT2D eigenvalue weighted by Crippen LogP contribution is -2.48. The second kappa shape index (κ2) is 9.75. The third-order valence-corrected chi connectivity index (χ3v) is 6.54. The summed E-state index contributed by atoms with van der Waals surface area (Å²) in [6.07, 6.45) is 0. The number of benzene rings is 2. The van der Waals surface area contributed by atoms with Gasteiger partial charge in [-0.15, -0.1) is 11.3 Å². The number of non-ortho nitro benzene ring substituents is 1. The number of nitro benzene ring substituents is 1. The van der Waals surface area contributed by atoms with Crippen molar-refractivity contribution in [1.29, 1.82) is 0 Å². The van der Waals surface area contributed by atoms with Crippen LogP contribution in [0.5, 0.6) is 11.5 Å². The summed E-state index contributed by atoms with van der Waals surface area (Å²) in [7, 11) is 0. The van der Waals surface area contributed by atoms with E-state index >= 15 is 0 Å². The molecule has 1 fully saturated rings. The van der Waals surface area contributed by atoms with Crippen LogP contribution in [0.2, 0.25) is 0 Å². The Labute approximate surface area is 199 Å². The van der Waals surface area contributed by atoms with Gasteiger partial charge in [-0.25, -0.2) is 4.98 Å². The number of nitro groups is 1. The minimum Gasteiger partial charge on any atom is -0.454 e. The van der Waals surface area contributed by atoms with Crippen molar-refractivity contribution in [1.82, 2.24) is 14.8 Å². The highest BCUT2D eigenvalue weighted by molar-refractivity contribution is 7.14. The zero-order chi connectivity index (χ0) is 23.5. The van der Waals surface area contributed by atoms with E-state index < -0.39 is 4.92 Å². The van der Waals surface area contributed by atoms with Crippen molar-refractivity contribution in [3.05, 3.63) is 63.5 Å². The van der Waals surface area contributed by atoms with E-state index in [0.29, 0.717) is 22.9 Å². The fraction of sp³-hybridized carbons (Fsp3) is 0.304. The number of carbonyl (C=O) groups is 1. The maximum atomic E-state index is 12.5. The van der Waals surface area contributed by atoms with Crippen LogP contribution < -0.4 is 14.8 Å². The molecule has 34 heavy (non-hydrogen) atoms. The predicted octanol–water partition coefficient (Wildman–Crippen LogP) is 3.20. The number of aromatic nitrogens is 1. The van der Waals surface area contributed by atoms with Gasteiger partial charge in [0.15, 0.2) is 16.6 Å². The van der Waals surface area contributed by atoms with Gasteiger partial charge >= 0.3 is 0 Å². The molecule has 0 saturated carbocycles. The summed E-state index contributed by atoms with van der Waals surface area (Å²) in [5, 5.41) is 16.1. The molecule has 1 aromatic heterocycles. The quantitative estimate of drug-likeness (QED) is 0.405. The first kappa shape index (κ1) is 22.3. The molecule has 1 N–H and O–H groups in total. The molecule has 2 aliphatic rings. The van der Waals surface area contributed by atoms with Crippen LogP contribution in [-0.4, -0.2) is 65.1 Å². The smallest absolute Gasteiger partial charge is 0.270 e. The first-order valence-electron chi connectivity index (χ1n) is 10.9. The van der Waals surface area contributed by atoms with Gasteiger partial charge in [-0.2, -0.15) is 0 Å². The second-order valence-corrected chi connectivity index (χ2v) is 8.99. The van der Waals surface area contributed by atoms with E-state index in [-0.39, 0.29) is 18.4 Å². The van der Waals surface area contributed by atoms with E-state index in [2.05, 4.69) is 26.2 Å². The molecule has 0 radical (unpaired) electrons. The highest BCUT2D eigenvalue weighted by Gasteiger charge is 2.21. The second-order valence-electron chi connectivity index (χ2n) is 8.13. The molecule has 0 spiro atoms. The van der Waals surface area contributed by atoms with Crippen LogP contribution in [0.4, 0.5) is 10.8 Å². The summed E-state index contributed by atoms with van der Waals surface area (Å²) < 4.78 is 10.8. The average Bonchev–Trinajstić information content (AvgIpc) is 3.50. The molecule has 11 heteroatoms. The normalized spacial score (nSPS) is 15.9. The molecule has 176 valence electrons. The van der Waals surface area contributed by atoms with E-state index in [1.807, 2.05) is 12.1 Å². The molecule has 1 saturated heterocycles. The molecular formula is C23H23N5O5S. The van der Waals surface area contributed by atoms with Crippen LogP contribution in [0.15, 0.2) is 47.8 Å². The van der Waals surface area contributed by atoms with E-state index in [1.165, 1.54) is 29.0 Å². The van der Waals surface area contributed by atoms with Crippen molar-refractivity contribution in [2.75, 3.05) is 44.8 Å². The van der Waals surface area contributed by atoms with Crippen LogP contribution >= 0.6 is 11.3 Å². The number of carbonyl (C=O) groups excluding carboxylic acids is 1. The van der Waals surface area contributed by atoms with E-state index in [9.17, 15) is 14.9 Å². The lowest BCUT2D eigenvalue weighted by Gasteiger charge is -2.34. The highest BCUT2D eigenvalue weighted by Crippen LogP contribution is 2.33. The molecule has 2 aromatic carbocycles. The Hall–Kier alpha value is -3.54. The molecule has 0 aliphatic carbocycles. The highest BCUT2D eigenvalue weighted by atomic mass is 32.1. The molecule has 0 unspecified atom stereocenters. The van der Waals surface area contributed by atoms with Crippen molar-refractivity contribution in [3.63, 3.8) is 0 Å². The van der Waals surface area contributed by atoms with Gasteiger partial charge in [-0.05, 0) is 17.7 Å². The van der Waals surface area contributed by atoms with Gasteiger partial charge < -0.3 is 14.8 Å². The standard InChI is InChI=1S/C23H23N5O5S/c29-22(25-23-24-19(14-34-23)17-2-1-3-18(11-17)28(30)31)13-27-8-6-26(7-9-27)12-16-4-5-20-21(10-16)33-15-32-20/h1-5,10-11,14H,6-9,12-13,15H2,(H,24,25,29). The van der Waals surface area contributed by atoms with Gasteiger partial charge in [0.1, 0.15) is 0 Å². The first-order valence-corrected chi connectivity index (χ1v) is 11.7. The summed E-state index contributed by atoms with van der Waals surface area (Å²) in [4.78, 5) is 32.0. The summed E-state index contributed by atoms with van der Waals surface area (Å²) in [6, 6.07) is 12.3. The van der Waals surface area contributed by atoms with Gasteiger partial charge in [-0.3, -0.25) is 24.7 Å². The number of rotatable bonds is 7. The molecule has 5 rings (SSSR count). The zero-order valence-electron chi connectivity index (χ0n) is 18.3. The van der Waals surface area contributed by atoms with Crippen LogP contribution in [0.3, 0.4) is 0 Å². The monoisotopic (exact) mass is 481 g/mol. The fourth-order valence-electron chi connectivity index (χ4n) is 4.01. The Morgan fingerprint density at radius 1 is 1.09 bits per heavy atom. The Morgan fingerprint density at radius 2 is 1.88 bits per heavy atom. The lowest BCUT2D eigenvalue weighted by molar-refractivity contribution is -0.384. The lowest BCUT2D eigenvalue weighted by atomic mass is 10.1. The third kappa shape index (κ3) is 5.16. The minimum atomic E-state index is -0.437. The summed E-state index contributed by atoms with van der Waals surface area (Å²) in [5.74, 6) is 1.46. The summed E-state index contributed by atoms with van der Waals surface area (Å²) in [5.41, 5.74) is 2.43. The molecule has 1 amide bonds. The topological polar surface area (TPSA) is 110 Å². The van der Waals surface area contributed by atoms with E-state index in [4.69, 9.17) is 9.47 Å². The maximum Gasteiger partial charge on any atom is 0.270 e. The van der Waals surface area contributed by atoms with E-state index in [0.717, 1.165) is 44.2 Å². The van der Waals surface area contributed by atoms with Gasteiger partial charge in [0.25, 0.3) is 5.69 Å². The molecule has 2 aliphatic heterocycles. The van der Waals surface area contributed by atoms with Crippen molar-refractivity contribution >= 4 is 28.1 Å². The van der Waals surface area contributed by atoms with Gasteiger partial charge in [-0.1, -0.05) is 18.2 Å². The number of piperazine rings is 1. The maximum absolute atomic E-state index is 12.5. The number of nitrogens with zero attached hydrogens (tertiary/aromatic N) is 4. The number of fused-ring (bicyclic) bond motifs is 1. The molecule has 10 nitrogen and oxygen atoms in total. The largest absolute Gasteiger partial charge is 0.454 e. The Kier molecular flexibility index (Phi) is 6.39. The number of ether oxygens (including phenoxy) is 2. The number of anilines is 1. The first-order chi connectivity index (χ1) is 16.5. The number of nitrogens with one attached hydrogen (secondary N) is 1. The average molecular weight is 482 g/mol. The molecule has 3 aromatic rings. The zero-order valence-corrected chi connectivity index (χ0v) is 19.1. The van der Waals surface area contributed by atoms with Gasteiger partial charge in [0.2, 0.25) is 12.7 Å². The Balaban J connectivity index is 1.10. The van der Waals surface area contributed by atoms with Crippen molar-refractivity contribution < 1.29 is 19.2 Å². The van der Waals surface area contributed by atoms with Gasteiger partial charge in [0.05, 0.1) is 17.2 Å².